The van der Waals surface area contributed by atoms with Gasteiger partial charge >= 0.3 is 0 Å². The Morgan fingerprint density at radius 1 is 1.59 bits per heavy atom. The number of carbonyl (C=O) groups excluding carboxylic acids is 1. The first-order chi connectivity index (χ1) is 8.03. The molecule has 0 bridgehead atoms. The third-order valence-electron chi connectivity index (χ3n) is 3.31. The molecule has 17 heavy (non-hydrogen) atoms. The fourth-order valence-electron chi connectivity index (χ4n) is 1.95. The monoisotopic (exact) mass is 236 g/mol. The number of nitrogens with two attached hydrogens (primary N) is 1. The maximum absolute atomic E-state index is 13.1. The normalized spacial score (nSPS) is 18.5. The van der Waals surface area contributed by atoms with E-state index in [-0.39, 0.29) is 17.1 Å². The van der Waals surface area contributed by atoms with E-state index in [0.717, 1.165) is 18.4 Å². The zero-order valence-corrected chi connectivity index (χ0v) is 9.87. The summed E-state index contributed by atoms with van der Waals surface area (Å²) in [6.45, 7) is 2.19. The lowest BCUT2D eigenvalue weighted by molar-refractivity contribution is -0.122. The van der Waals surface area contributed by atoms with Gasteiger partial charge < -0.3 is 11.1 Å². The molecule has 1 amide bonds. The van der Waals surface area contributed by atoms with Crippen LogP contribution in [-0.2, 0) is 10.2 Å². The van der Waals surface area contributed by atoms with Crippen LogP contribution in [0.1, 0.15) is 25.3 Å². The lowest BCUT2D eigenvalue weighted by Crippen LogP contribution is -2.41. The van der Waals surface area contributed by atoms with Gasteiger partial charge in [0.1, 0.15) is 5.82 Å². The van der Waals surface area contributed by atoms with Crippen LogP contribution < -0.4 is 11.1 Å². The van der Waals surface area contributed by atoms with E-state index in [9.17, 15) is 9.18 Å². The van der Waals surface area contributed by atoms with Gasteiger partial charge in [-0.1, -0.05) is 12.1 Å². The Morgan fingerprint density at radius 3 is 2.82 bits per heavy atom. The second-order valence-electron chi connectivity index (χ2n) is 4.80. The third kappa shape index (κ3) is 2.64. The van der Waals surface area contributed by atoms with Crippen molar-refractivity contribution in [2.45, 2.75) is 31.2 Å². The Kier molecular flexibility index (Phi) is 3.15. The SMILES string of the molecule is C[C@H](N)C(=O)NCC1(c2cccc(F)c2)CC1. The highest BCUT2D eigenvalue weighted by atomic mass is 19.1. The van der Waals surface area contributed by atoms with E-state index >= 15 is 0 Å². The molecule has 3 nitrogen and oxygen atoms in total. The standard InChI is InChI=1S/C13H17FN2O/c1-9(15)12(17)16-8-13(5-6-13)10-3-2-4-11(14)7-10/h2-4,7,9H,5-6,8,15H2,1H3,(H,16,17)/t9-/m0/s1. The van der Waals surface area contributed by atoms with Gasteiger partial charge in [0.25, 0.3) is 0 Å². The number of halogens is 1. The van der Waals surface area contributed by atoms with Crippen LogP contribution in [0.5, 0.6) is 0 Å². The van der Waals surface area contributed by atoms with Crippen LogP contribution in [-0.4, -0.2) is 18.5 Å². The van der Waals surface area contributed by atoms with Gasteiger partial charge in [-0.05, 0) is 37.5 Å². The average Bonchev–Trinajstić information content (AvgIpc) is 3.07. The van der Waals surface area contributed by atoms with Crippen molar-refractivity contribution >= 4 is 5.91 Å². The van der Waals surface area contributed by atoms with Gasteiger partial charge in [-0.15, -0.1) is 0 Å². The van der Waals surface area contributed by atoms with Crippen LogP contribution in [0.15, 0.2) is 24.3 Å². The summed E-state index contributed by atoms with van der Waals surface area (Å²) >= 11 is 0. The Balaban J connectivity index is 2.03. The quantitative estimate of drug-likeness (QED) is 0.828. The summed E-state index contributed by atoms with van der Waals surface area (Å²) in [5.41, 5.74) is 6.36. The van der Waals surface area contributed by atoms with Crippen molar-refractivity contribution in [3.8, 4) is 0 Å². The Bertz CT molecular complexity index is 427. The molecule has 0 heterocycles. The van der Waals surface area contributed by atoms with Crippen LogP contribution in [0.4, 0.5) is 4.39 Å². The van der Waals surface area contributed by atoms with E-state index in [1.54, 1.807) is 19.1 Å². The topological polar surface area (TPSA) is 55.1 Å². The molecular formula is C13H17FN2O. The first-order valence-electron chi connectivity index (χ1n) is 5.83. The van der Waals surface area contributed by atoms with Gasteiger partial charge in [0.15, 0.2) is 0 Å². The molecule has 0 saturated heterocycles. The van der Waals surface area contributed by atoms with Crippen LogP contribution in [0.2, 0.25) is 0 Å². The average molecular weight is 236 g/mol. The van der Waals surface area contributed by atoms with Gasteiger partial charge in [0.2, 0.25) is 5.91 Å². The summed E-state index contributed by atoms with van der Waals surface area (Å²) in [5, 5.41) is 2.82. The van der Waals surface area contributed by atoms with Crippen molar-refractivity contribution < 1.29 is 9.18 Å². The summed E-state index contributed by atoms with van der Waals surface area (Å²) in [6, 6.07) is 6.09. The Hall–Kier alpha value is -1.42. The lowest BCUT2D eigenvalue weighted by Gasteiger charge is -2.17. The summed E-state index contributed by atoms with van der Waals surface area (Å²) in [6.07, 6.45) is 1.96. The van der Waals surface area contributed by atoms with Gasteiger partial charge in [-0.25, -0.2) is 4.39 Å². The minimum Gasteiger partial charge on any atom is -0.354 e. The first kappa shape index (κ1) is 12.0. The van der Waals surface area contributed by atoms with Crippen LogP contribution >= 0.6 is 0 Å². The van der Waals surface area contributed by atoms with Gasteiger partial charge in [-0.3, -0.25) is 4.79 Å². The molecule has 1 aromatic carbocycles. The summed E-state index contributed by atoms with van der Waals surface area (Å²) in [4.78, 5) is 11.4. The molecule has 1 aliphatic rings. The molecule has 0 unspecified atom stereocenters. The highest BCUT2D eigenvalue weighted by Crippen LogP contribution is 2.47. The van der Waals surface area contributed by atoms with Crippen molar-refractivity contribution in [3.63, 3.8) is 0 Å². The molecular weight excluding hydrogens is 219 g/mol. The van der Waals surface area contributed by atoms with Crippen molar-refractivity contribution in [3.05, 3.63) is 35.6 Å². The maximum Gasteiger partial charge on any atom is 0.236 e. The fourth-order valence-corrected chi connectivity index (χ4v) is 1.95. The predicted molar refractivity (Wildman–Crippen MR) is 64.0 cm³/mol. The zero-order valence-electron chi connectivity index (χ0n) is 9.87. The number of carbonyl (C=O) groups is 1. The van der Waals surface area contributed by atoms with Gasteiger partial charge in [-0.2, -0.15) is 0 Å². The molecule has 2 rings (SSSR count). The molecule has 3 N–H and O–H groups in total. The van der Waals surface area contributed by atoms with Gasteiger partial charge in [0.05, 0.1) is 6.04 Å². The van der Waals surface area contributed by atoms with Crippen LogP contribution in [0, 0.1) is 5.82 Å². The minimum atomic E-state index is -0.502. The number of hydrogen-bond acceptors (Lipinski definition) is 2. The molecule has 4 heteroatoms. The highest BCUT2D eigenvalue weighted by Gasteiger charge is 2.44. The van der Waals surface area contributed by atoms with Crippen LogP contribution in [0.25, 0.3) is 0 Å². The second-order valence-corrected chi connectivity index (χ2v) is 4.80. The summed E-state index contributed by atoms with van der Waals surface area (Å²) < 4.78 is 13.1. The smallest absolute Gasteiger partial charge is 0.236 e. The van der Waals surface area contributed by atoms with Crippen molar-refractivity contribution in [1.82, 2.24) is 5.32 Å². The van der Waals surface area contributed by atoms with E-state index in [4.69, 9.17) is 5.73 Å². The number of benzene rings is 1. The third-order valence-corrected chi connectivity index (χ3v) is 3.31. The first-order valence-corrected chi connectivity index (χ1v) is 5.83. The zero-order chi connectivity index (χ0) is 12.5. The van der Waals surface area contributed by atoms with E-state index in [1.807, 2.05) is 6.07 Å². The van der Waals surface area contributed by atoms with E-state index in [0.29, 0.717) is 6.54 Å². The van der Waals surface area contributed by atoms with Crippen molar-refractivity contribution in [1.29, 1.82) is 0 Å². The lowest BCUT2D eigenvalue weighted by atomic mass is 9.96. The molecule has 1 atom stereocenters. The fraction of sp³-hybridized carbons (Fsp3) is 0.462. The molecule has 0 aliphatic heterocycles. The molecule has 0 aromatic heterocycles. The Morgan fingerprint density at radius 2 is 2.29 bits per heavy atom. The number of amides is 1. The molecule has 0 radical (unpaired) electrons. The molecule has 0 spiro atoms. The van der Waals surface area contributed by atoms with Crippen molar-refractivity contribution in [2.24, 2.45) is 5.73 Å². The van der Waals surface area contributed by atoms with Crippen LogP contribution in [0.3, 0.4) is 0 Å². The second kappa shape index (κ2) is 4.45. The van der Waals surface area contributed by atoms with E-state index < -0.39 is 6.04 Å². The van der Waals surface area contributed by atoms with Gasteiger partial charge in [0, 0.05) is 12.0 Å². The minimum absolute atomic E-state index is 0.0767. The Labute approximate surface area is 100 Å². The number of rotatable bonds is 4. The molecule has 1 fully saturated rings. The van der Waals surface area contributed by atoms with Crippen molar-refractivity contribution in [2.75, 3.05) is 6.54 Å². The highest BCUT2D eigenvalue weighted by molar-refractivity contribution is 5.81. The van der Waals surface area contributed by atoms with E-state index in [2.05, 4.69) is 5.32 Å². The number of nitrogens with one attached hydrogen (secondary N) is 1. The van der Waals surface area contributed by atoms with E-state index in [1.165, 1.54) is 6.07 Å². The molecule has 92 valence electrons. The molecule has 1 aliphatic carbocycles. The largest absolute Gasteiger partial charge is 0.354 e. The predicted octanol–water partition coefficient (Wildman–Crippen LogP) is 1.32. The molecule has 1 saturated carbocycles. The summed E-state index contributed by atoms with van der Waals surface area (Å²) in [7, 11) is 0. The molecule has 1 aromatic rings. The summed E-state index contributed by atoms with van der Waals surface area (Å²) in [5.74, 6) is -0.389. The number of hydrogen-bond donors (Lipinski definition) is 2. The maximum atomic E-state index is 13.1.